The fourth-order valence-electron chi connectivity index (χ4n) is 3.85. The van der Waals surface area contributed by atoms with E-state index in [1.165, 1.54) is 12.8 Å². The van der Waals surface area contributed by atoms with E-state index in [0.29, 0.717) is 18.1 Å². The highest BCUT2D eigenvalue weighted by molar-refractivity contribution is 6.05. The van der Waals surface area contributed by atoms with Crippen molar-refractivity contribution in [3.05, 3.63) is 30.0 Å². The Kier molecular flexibility index (Phi) is 4.10. The smallest absolute Gasteiger partial charge is 0.256 e. The first-order valence-corrected chi connectivity index (χ1v) is 7.67. The number of nitrogens with one attached hydrogen (secondary N) is 2. The van der Waals surface area contributed by atoms with Crippen LogP contribution < -0.4 is 5.32 Å². The molecular formula is C16H21ClN4O. The molecule has 5 nitrogen and oxygen atoms in total. The molecule has 4 rings (SSSR count). The molecule has 0 saturated carbocycles. The van der Waals surface area contributed by atoms with Crippen LogP contribution in [-0.4, -0.2) is 46.2 Å². The lowest BCUT2D eigenvalue weighted by Gasteiger charge is -2.35. The normalized spacial score (nSPS) is 26.7. The summed E-state index contributed by atoms with van der Waals surface area (Å²) in [6, 6.07) is 7.30. The molecule has 2 N–H and O–H groups in total. The van der Waals surface area contributed by atoms with Crippen LogP contribution in [0.15, 0.2) is 24.4 Å². The van der Waals surface area contributed by atoms with Gasteiger partial charge >= 0.3 is 0 Å². The van der Waals surface area contributed by atoms with Gasteiger partial charge in [-0.3, -0.25) is 9.89 Å². The number of nitrogens with zero attached hydrogens (tertiary/aromatic N) is 2. The number of carbonyl (C=O) groups excluding carboxylic acids is 1. The molecule has 1 aromatic carbocycles. The van der Waals surface area contributed by atoms with E-state index in [1.807, 2.05) is 30.1 Å². The summed E-state index contributed by atoms with van der Waals surface area (Å²) in [6.07, 6.45) is 6.39. The van der Waals surface area contributed by atoms with Gasteiger partial charge in [-0.05, 0) is 31.7 Å². The Balaban J connectivity index is 0.00000144. The number of aromatic amines is 1. The van der Waals surface area contributed by atoms with Crippen molar-refractivity contribution in [2.45, 2.75) is 43.8 Å². The second-order valence-electron chi connectivity index (χ2n) is 6.32. The van der Waals surface area contributed by atoms with E-state index in [-0.39, 0.29) is 18.3 Å². The fourth-order valence-corrected chi connectivity index (χ4v) is 3.85. The molecule has 6 heteroatoms. The van der Waals surface area contributed by atoms with Gasteiger partial charge in [0.1, 0.15) is 0 Å². The summed E-state index contributed by atoms with van der Waals surface area (Å²) in [5.41, 5.74) is 1.56. The zero-order valence-corrected chi connectivity index (χ0v) is 13.4. The largest absolute Gasteiger partial charge is 0.339 e. The SMILES string of the molecule is CN(C(=O)c1cccc2cn[nH]c12)C1CC2CCC(C1)N2.Cl. The zero-order valence-electron chi connectivity index (χ0n) is 12.6. The number of para-hydroxylation sites is 1. The Morgan fingerprint density at radius 2 is 2.00 bits per heavy atom. The molecule has 1 amide bonds. The maximum atomic E-state index is 12.8. The van der Waals surface area contributed by atoms with Gasteiger partial charge in [0.05, 0.1) is 17.3 Å². The predicted molar refractivity (Wildman–Crippen MR) is 88.4 cm³/mol. The first-order chi connectivity index (χ1) is 10.2. The van der Waals surface area contributed by atoms with Gasteiger partial charge < -0.3 is 10.2 Å². The minimum absolute atomic E-state index is 0. The number of rotatable bonds is 2. The molecule has 2 aromatic rings. The van der Waals surface area contributed by atoms with Crippen molar-refractivity contribution >= 4 is 29.2 Å². The van der Waals surface area contributed by atoms with Crippen molar-refractivity contribution in [1.82, 2.24) is 20.4 Å². The third-order valence-corrected chi connectivity index (χ3v) is 5.02. The molecule has 2 atom stereocenters. The third kappa shape index (κ3) is 2.48. The topological polar surface area (TPSA) is 61.0 Å². The molecule has 2 aliphatic rings. The van der Waals surface area contributed by atoms with Gasteiger partial charge in [0.2, 0.25) is 0 Å². The van der Waals surface area contributed by atoms with Gasteiger partial charge in [-0.2, -0.15) is 5.10 Å². The van der Waals surface area contributed by atoms with Crippen LogP contribution in [0.5, 0.6) is 0 Å². The highest BCUT2D eigenvalue weighted by Crippen LogP contribution is 2.30. The molecular weight excluding hydrogens is 300 g/mol. The number of piperidine rings is 1. The van der Waals surface area contributed by atoms with Crippen molar-refractivity contribution in [1.29, 1.82) is 0 Å². The van der Waals surface area contributed by atoms with Gasteiger partial charge in [0.15, 0.2) is 0 Å². The number of hydrogen-bond donors (Lipinski definition) is 2. The lowest BCUT2D eigenvalue weighted by molar-refractivity contribution is 0.0683. The molecule has 2 aliphatic heterocycles. The van der Waals surface area contributed by atoms with Crippen molar-refractivity contribution < 1.29 is 4.79 Å². The lowest BCUT2D eigenvalue weighted by atomic mass is 9.97. The standard InChI is InChI=1S/C16H20N4O.ClH/c1-20(13-7-11-5-6-12(8-13)18-11)16(21)14-4-2-3-10-9-17-19-15(10)14;/h2-4,9,11-13,18H,5-8H2,1H3,(H,17,19);1H. The number of benzene rings is 1. The van der Waals surface area contributed by atoms with Crippen LogP contribution in [0.3, 0.4) is 0 Å². The summed E-state index contributed by atoms with van der Waals surface area (Å²) in [7, 11) is 1.94. The second-order valence-corrected chi connectivity index (χ2v) is 6.32. The molecule has 0 spiro atoms. The Hall–Kier alpha value is -1.59. The van der Waals surface area contributed by atoms with Crippen molar-refractivity contribution in [3.63, 3.8) is 0 Å². The van der Waals surface area contributed by atoms with E-state index in [9.17, 15) is 4.79 Å². The average molecular weight is 321 g/mol. The molecule has 2 saturated heterocycles. The summed E-state index contributed by atoms with van der Waals surface area (Å²) in [5.74, 6) is 0.0937. The Morgan fingerprint density at radius 1 is 1.27 bits per heavy atom. The number of fused-ring (bicyclic) bond motifs is 3. The van der Waals surface area contributed by atoms with Gasteiger partial charge in [-0.15, -0.1) is 12.4 Å². The Labute approximate surface area is 135 Å². The third-order valence-electron chi connectivity index (χ3n) is 5.02. The highest BCUT2D eigenvalue weighted by Gasteiger charge is 2.36. The first kappa shape index (κ1) is 15.3. The maximum absolute atomic E-state index is 12.8. The first-order valence-electron chi connectivity index (χ1n) is 7.67. The maximum Gasteiger partial charge on any atom is 0.256 e. The fraction of sp³-hybridized carbons (Fsp3) is 0.500. The van der Waals surface area contributed by atoms with E-state index in [0.717, 1.165) is 29.3 Å². The van der Waals surface area contributed by atoms with Crippen molar-refractivity contribution in [3.8, 4) is 0 Å². The van der Waals surface area contributed by atoms with Crippen LogP contribution in [-0.2, 0) is 0 Å². The molecule has 2 fully saturated rings. The summed E-state index contributed by atoms with van der Waals surface area (Å²) in [4.78, 5) is 14.8. The molecule has 0 radical (unpaired) electrons. The minimum atomic E-state index is 0. The Morgan fingerprint density at radius 3 is 2.73 bits per heavy atom. The highest BCUT2D eigenvalue weighted by atomic mass is 35.5. The minimum Gasteiger partial charge on any atom is -0.339 e. The monoisotopic (exact) mass is 320 g/mol. The van der Waals surface area contributed by atoms with Crippen molar-refractivity contribution in [2.24, 2.45) is 0 Å². The summed E-state index contributed by atoms with van der Waals surface area (Å²) < 4.78 is 0. The number of halogens is 1. The predicted octanol–water partition coefficient (Wildman–Crippen LogP) is 2.34. The number of aromatic nitrogens is 2. The average Bonchev–Trinajstić information content (AvgIpc) is 3.11. The van der Waals surface area contributed by atoms with Crippen LogP contribution in [0.25, 0.3) is 10.9 Å². The quantitative estimate of drug-likeness (QED) is 0.893. The van der Waals surface area contributed by atoms with Crippen LogP contribution in [0.2, 0.25) is 0 Å². The van der Waals surface area contributed by atoms with Crippen LogP contribution >= 0.6 is 12.4 Å². The number of carbonyl (C=O) groups is 1. The zero-order chi connectivity index (χ0) is 14.4. The van der Waals surface area contributed by atoms with Gasteiger partial charge in [0.25, 0.3) is 5.91 Å². The second kappa shape index (κ2) is 5.89. The van der Waals surface area contributed by atoms with E-state index >= 15 is 0 Å². The molecule has 2 unspecified atom stereocenters. The molecule has 22 heavy (non-hydrogen) atoms. The molecule has 3 heterocycles. The van der Waals surface area contributed by atoms with Crippen molar-refractivity contribution in [2.75, 3.05) is 7.05 Å². The van der Waals surface area contributed by atoms with E-state index in [4.69, 9.17) is 0 Å². The van der Waals surface area contributed by atoms with Crippen LogP contribution in [0, 0.1) is 0 Å². The van der Waals surface area contributed by atoms with Crippen LogP contribution in [0.1, 0.15) is 36.0 Å². The van der Waals surface area contributed by atoms with Gasteiger partial charge in [-0.1, -0.05) is 12.1 Å². The summed E-state index contributed by atoms with van der Waals surface area (Å²) >= 11 is 0. The molecule has 2 bridgehead atoms. The van der Waals surface area contributed by atoms with E-state index in [1.54, 1.807) is 6.20 Å². The molecule has 118 valence electrons. The lowest BCUT2D eigenvalue weighted by Crippen LogP contribution is -2.48. The molecule has 1 aromatic heterocycles. The molecule has 0 aliphatic carbocycles. The van der Waals surface area contributed by atoms with E-state index in [2.05, 4.69) is 15.5 Å². The van der Waals surface area contributed by atoms with Gasteiger partial charge in [-0.25, -0.2) is 0 Å². The number of amides is 1. The number of H-pyrrole nitrogens is 1. The Bertz CT molecular complexity index is 674. The van der Waals surface area contributed by atoms with Crippen LogP contribution in [0.4, 0.5) is 0 Å². The van der Waals surface area contributed by atoms with Gasteiger partial charge in [0, 0.05) is 30.6 Å². The van der Waals surface area contributed by atoms with E-state index < -0.39 is 0 Å². The summed E-state index contributed by atoms with van der Waals surface area (Å²) in [6.45, 7) is 0. The number of hydrogen-bond acceptors (Lipinski definition) is 3. The summed E-state index contributed by atoms with van der Waals surface area (Å²) in [5, 5.41) is 11.6.